The molecule has 0 unspecified atom stereocenters. The quantitative estimate of drug-likeness (QED) is 0.687. The molecule has 1 fully saturated rings. The number of amides is 1. The lowest BCUT2D eigenvalue weighted by atomic mass is 9.96. The maximum Gasteiger partial charge on any atom is 0.267 e. The fourth-order valence-electron chi connectivity index (χ4n) is 3.87. The first-order valence-electron chi connectivity index (χ1n) is 9.92. The predicted octanol–water partition coefficient (Wildman–Crippen LogP) is 3.82. The van der Waals surface area contributed by atoms with Crippen molar-refractivity contribution in [2.75, 3.05) is 26.7 Å². The number of fused-ring (bicyclic) bond motifs is 1. The van der Waals surface area contributed by atoms with Crippen LogP contribution >= 0.6 is 0 Å². The van der Waals surface area contributed by atoms with Crippen LogP contribution in [0.5, 0.6) is 5.75 Å². The third-order valence-electron chi connectivity index (χ3n) is 5.60. The molecule has 28 heavy (non-hydrogen) atoms. The predicted molar refractivity (Wildman–Crippen MR) is 112 cm³/mol. The fourth-order valence-corrected chi connectivity index (χ4v) is 3.87. The summed E-state index contributed by atoms with van der Waals surface area (Å²) in [7, 11) is 1.69. The van der Waals surface area contributed by atoms with Crippen LogP contribution < -0.4 is 10.1 Å². The monoisotopic (exact) mass is 377 g/mol. The van der Waals surface area contributed by atoms with Crippen LogP contribution in [-0.2, 0) is 6.54 Å². The second kappa shape index (κ2) is 8.48. The molecule has 3 aromatic rings. The van der Waals surface area contributed by atoms with Crippen molar-refractivity contribution in [2.45, 2.75) is 19.4 Å². The van der Waals surface area contributed by atoms with Gasteiger partial charge in [-0.3, -0.25) is 9.69 Å². The summed E-state index contributed by atoms with van der Waals surface area (Å²) in [4.78, 5) is 18.1. The van der Waals surface area contributed by atoms with E-state index in [9.17, 15) is 4.79 Å². The van der Waals surface area contributed by atoms with Crippen molar-refractivity contribution in [1.29, 1.82) is 0 Å². The van der Waals surface area contributed by atoms with Crippen LogP contribution in [0.15, 0.2) is 54.6 Å². The number of carbonyl (C=O) groups excluding carboxylic acids is 1. The van der Waals surface area contributed by atoms with Crippen LogP contribution in [0.25, 0.3) is 10.9 Å². The van der Waals surface area contributed by atoms with Gasteiger partial charge in [-0.1, -0.05) is 30.3 Å². The molecule has 2 heterocycles. The highest BCUT2D eigenvalue weighted by Crippen LogP contribution is 2.20. The number of rotatable bonds is 6. The molecular formula is C23H27N3O2. The molecule has 4 rings (SSSR count). The minimum atomic E-state index is -0.0168. The molecule has 2 N–H and O–H groups in total. The van der Waals surface area contributed by atoms with Gasteiger partial charge in [-0.15, -0.1) is 0 Å². The first kappa shape index (κ1) is 18.6. The Hall–Kier alpha value is -2.79. The third-order valence-corrected chi connectivity index (χ3v) is 5.60. The molecule has 1 amide bonds. The number of carbonyl (C=O) groups is 1. The van der Waals surface area contributed by atoms with Crippen molar-refractivity contribution in [2.24, 2.45) is 5.92 Å². The van der Waals surface area contributed by atoms with Crippen LogP contribution in [0, 0.1) is 5.92 Å². The van der Waals surface area contributed by atoms with Crippen molar-refractivity contribution in [3.05, 3.63) is 65.9 Å². The molecule has 0 radical (unpaired) electrons. The smallest absolute Gasteiger partial charge is 0.267 e. The van der Waals surface area contributed by atoms with Gasteiger partial charge in [-0.25, -0.2) is 0 Å². The molecule has 0 spiro atoms. The summed E-state index contributed by atoms with van der Waals surface area (Å²) >= 11 is 0. The summed E-state index contributed by atoms with van der Waals surface area (Å²) in [5, 5.41) is 4.17. The number of nitrogens with one attached hydrogen (secondary N) is 2. The largest absolute Gasteiger partial charge is 0.497 e. The van der Waals surface area contributed by atoms with Crippen LogP contribution in [-0.4, -0.2) is 42.5 Å². The van der Waals surface area contributed by atoms with Crippen LogP contribution in [0.3, 0.4) is 0 Å². The summed E-state index contributed by atoms with van der Waals surface area (Å²) in [5.74, 6) is 1.42. The number of piperidine rings is 1. The molecule has 5 nitrogen and oxygen atoms in total. The number of benzene rings is 2. The summed E-state index contributed by atoms with van der Waals surface area (Å²) in [6.07, 6.45) is 2.23. The molecule has 1 aliphatic heterocycles. The van der Waals surface area contributed by atoms with Gasteiger partial charge in [-0.2, -0.15) is 0 Å². The van der Waals surface area contributed by atoms with Gasteiger partial charge >= 0.3 is 0 Å². The molecule has 0 aliphatic carbocycles. The number of ether oxygens (including phenoxy) is 1. The number of nitrogens with zero attached hydrogens (tertiary/aromatic N) is 1. The SMILES string of the molecule is COc1ccc(CN2CCC(CNC(=O)c3cc4ccccc4[nH]3)CC2)cc1. The van der Waals surface area contributed by atoms with Crippen LogP contribution in [0.1, 0.15) is 28.9 Å². The first-order chi connectivity index (χ1) is 13.7. The van der Waals surface area contributed by atoms with Gasteiger partial charge in [0.1, 0.15) is 11.4 Å². The normalized spacial score (nSPS) is 15.6. The van der Waals surface area contributed by atoms with Crippen LogP contribution in [0.2, 0.25) is 0 Å². The molecule has 0 bridgehead atoms. The van der Waals surface area contributed by atoms with Gasteiger partial charge < -0.3 is 15.0 Å². The second-order valence-electron chi connectivity index (χ2n) is 7.55. The number of aromatic amines is 1. The van der Waals surface area contributed by atoms with Gasteiger partial charge in [-0.05, 0) is 61.7 Å². The molecule has 146 valence electrons. The number of hydrogen-bond donors (Lipinski definition) is 2. The zero-order valence-electron chi connectivity index (χ0n) is 16.3. The molecule has 1 saturated heterocycles. The maximum atomic E-state index is 12.5. The lowest BCUT2D eigenvalue weighted by molar-refractivity contribution is 0.0931. The van der Waals surface area contributed by atoms with E-state index in [0.717, 1.165) is 55.7 Å². The Bertz CT molecular complexity index is 891. The van der Waals surface area contributed by atoms with E-state index in [2.05, 4.69) is 27.3 Å². The standard InChI is InChI=1S/C23H27N3O2/c1-28-20-8-6-18(7-9-20)16-26-12-10-17(11-13-26)15-24-23(27)22-14-19-4-2-3-5-21(19)25-22/h2-9,14,17,25H,10-13,15-16H2,1H3,(H,24,27). The Kier molecular flexibility index (Phi) is 5.63. The van der Waals surface area contributed by atoms with Crippen molar-refractivity contribution in [3.8, 4) is 5.75 Å². The number of methoxy groups -OCH3 is 1. The number of likely N-dealkylation sites (tertiary alicyclic amines) is 1. The van der Waals surface area contributed by atoms with E-state index < -0.39 is 0 Å². The van der Waals surface area contributed by atoms with E-state index >= 15 is 0 Å². The fraction of sp³-hybridized carbons (Fsp3) is 0.348. The van der Waals surface area contributed by atoms with Crippen molar-refractivity contribution < 1.29 is 9.53 Å². The average molecular weight is 377 g/mol. The molecule has 5 heteroatoms. The Morgan fingerprint density at radius 2 is 1.89 bits per heavy atom. The number of aromatic nitrogens is 1. The molecule has 1 aliphatic rings. The Morgan fingerprint density at radius 1 is 1.14 bits per heavy atom. The Labute approximate surface area is 165 Å². The Balaban J connectivity index is 1.23. The van der Waals surface area contributed by atoms with Gasteiger partial charge in [0.15, 0.2) is 0 Å². The second-order valence-corrected chi connectivity index (χ2v) is 7.55. The van der Waals surface area contributed by atoms with E-state index in [4.69, 9.17) is 4.74 Å². The van der Waals surface area contributed by atoms with Gasteiger partial charge in [0.25, 0.3) is 5.91 Å². The number of hydrogen-bond acceptors (Lipinski definition) is 3. The van der Waals surface area contributed by atoms with Crippen LogP contribution in [0.4, 0.5) is 0 Å². The zero-order valence-corrected chi connectivity index (χ0v) is 16.3. The maximum absolute atomic E-state index is 12.5. The number of para-hydroxylation sites is 1. The first-order valence-corrected chi connectivity index (χ1v) is 9.92. The highest BCUT2D eigenvalue weighted by atomic mass is 16.5. The average Bonchev–Trinajstić information content (AvgIpc) is 3.18. The van der Waals surface area contributed by atoms with E-state index in [1.165, 1.54) is 5.56 Å². The molecule has 0 saturated carbocycles. The highest BCUT2D eigenvalue weighted by molar-refractivity contribution is 5.97. The van der Waals surface area contributed by atoms with E-state index in [1.807, 2.05) is 42.5 Å². The topological polar surface area (TPSA) is 57.4 Å². The lowest BCUT2D eigenvalue weighted by Crippen LogP contribution is -2.38. The van der Waals surface area contributed by atoms with Gasteiger partial charge in [0.2, 0.25) is 0 Å². The van der Waals surface area contributed by atoms with Gasteiger partial charge in [0.05, 0.1) is 7.11 Å². The van der Waals surface area contributed by atoms with E-state index in [1.54, 1.807) is 7.11 Å². The molecular weight excluding hydrogens is 350 g/mol. The van der Waals surface area contributed by atoms with E-state index in [0.29, 0.717) is 11.6 Å². The lowest BCUT2D eigenvalue weighted by Gasteiger charge is -2.32. The van der Waals surface area contributed by atoms with Crippen molar-refractivity contribution >= 4 is 16.8 Å². The minimum absolute atomic E-state index is 0.0168. The zero-order chi connectivity index (χ0) is 19.3. The Morgan fingerprint density at radius 3 is 2.61 bits per heavy atom. The molecule has 0 atom stereocenters. The van der Waals surface area contributed by atoms with Gasteiger partial charge in [0, 0.05) is 24.0 Å². The summed E-state index contributed by atoms with van der Waals surface area (Å²) in [5.41, 5.74) is 2.95. The van der Waals surface area contributed by atoms with E-state index in [-0.39, 0.29) is 5.91 Å². The summed E-state index contributed by atoms with van der Waals surface area (Å²) < 4.78 is 5.22. The van der Waals surface area contributed by atoms with Crippen molar-refractivity contribution in [1.82, 2.24) is 15.2 Å². The molecule has 1 aromatic heterocycles. The molecule has 2 aromatic carbocycles. The summed E-state index contributed by atoms with van der Waals surface area (Å²) in [6.45, 7) is 3.85. The third kappa shape index (κ3) is 4.37. The number of H-pyrrole nitrogens is 1. The van der Waals surface area contributed by atoms with Crippen molar-refractivity contribution in [3.63, 3.8) is 0 Å². The highest BCUT2D eigenvalue weighted by Gasteiger charge is 2.20. The minimum Gasteiger partial charge on any atom is -0.497 e. The summed E-state index contributed by atoms with van der Waals surface area (Å²) in [6, 6.07) is 18.2.